The molecule has 0 spiro atoms. The molecular formula is C10H20N2O4S. The van der Waals surface area contributed by atoms with Crippen LogP contribution < -0.4 is 0 Å². The van der Waals surface area contributed by atoms with Gasteiger partial charge in [-0.1, -0.05) is 6.42 Å². The number of carboxylic acid groups (broad SMARTS) is 1. The van der Waals surface area contributed by atoms with Gasteiger partial charge in [-0.2, -0.15) is 17.0 Å². The van der Waals surface area contributed by atoms with Gasteiger partial charge in [-0.15, -0.1) is 0 Å². The van der Waals surface area contributed by atoms with Crippen molar-refractivity contribution in [3.8, 4) is 0 Å². The third kappa shape index (κ3) is 2.78. The molecule has 0 aromatic rings. The zero-order valence-corrected chi connectivity index (χ0v) is 11.3. The van der Waals surface area contributed by atoms with Gasteiger partial charge in [0.25, 0.3) is 10.2 Å². The lowest BCUT2D eigenvalue weighted by Gasteiger charge is -2.36. The molecule has 1 fully saturated rings. The first-order valence-corrected chi connectivity index (χ1v) is 7.08. The first-order chi connectivity index (χ1) is 7.70. The topological polar surface area (TPSA) is 77.9 Å². The molecule has 1 aliphatic rings. The summed E-state index contributed by atoms with van der Waals surface area (Å²) in [7, 11) is -2.36. The van der Waals surface area contributed by atoms with Crippen LogP contribution in [0, 0.1) is 0 Å². The number of rotatable bonds is 4. The highest BCUT2D eigenvalue weighted by Gasteiger charge is 2.42. The normalized spacial score (nSPS) is 19.5. The van der Waals surface area contributed by atoms with E-state index in [2.05, 4.69) is 0 Å². The van der Waals surface area contributed by atoms with Crippen LogP contribution >= 0.6 is 0 Å². The van der Waals surface area contributed by atoms with Crippen molar-refractivity contribution >= 4 is 16.2 Å². The summed E-state index contributed by atoms with van der Waals surface area (Å²) in [6.45, 7) is 3.72. The van der Waals surface area contributed by atoms with Crippen LogP contribution in [0.5, 0.6) is 0 Å². The SMILES string of the molecule is CN(C(C)(C)C(=O)O)S(=O)(=O)N1CCCCC1. The molecule has 0 radical (unpaired) electrons. The van der Waals surface area contributed by atoms with Gasteiger partial charge >= 0.3 is 5.97 Å². The Labute approximate surface area is 102 Å². The Kier molecular flexibility index (Phi) is 4.16. The summed E-state index contributed by atoms with van der Waals surface area (Å²) >= 11 is 0. The summed E-state index contributed by atoms with van der Waals surface area (Å²) in [4.78, 5) is 11.1. The van der Waals surface area contributed by atoms with Gasteiger partial charge in [-0.05, 0) is 26.7 Å². The van der Waals surface area contributed by atoms with Crippen molar-refractivity contribution < 1.29 is 18.3 Å². The first kappa shape index (κ1) is 14.4. The predicted octanol–water partition coefficient (Wildman–Crippen LogP) is 0.512. The van der Waals surface area contributed by atoms with E-state index in [4.69, 9.17) is 5.11 Å². The minimum absolute atomic E-state index is 0.475. The molecule has 17 heavy (non-hydrogen) atoms. The van der Waals surface area contributed by atoms with Crippen molar-refractivity contribution in [1.29, 1.82) is 0 Å². The number of hydrogen-bond acceptors (Lipinski definition) is 3. The van der Waals surface area contributed by atoms with Crippen LogP contribution in [0.4, 0.5) is 0 Å². The standard InChI is InChI=1S/C10H20N2O4S/c1-10(2,9(13)14)11(3)17(15,16)12-7-5-4-6-8-12/h4-8H2,1-3H3,(H,13,14). The van der Waals surface area contributed by atoms with E-state index in [1.807, 2.05) is 0 Å². The molecule has 0 saturated carbocycles. The van der Waals surface area contributed by atoms with E-state index in [9.17, 15) is 13.2 Å². The lowest BCUT2D eigenvalue weighted by molar-refractivity contribution is -0.146. The van der Waals surface area contributed by atoms with Crippen LogP contribution in [0.2, 0.25) is 0 Å². The quantitative estimate of drug-likeness (QED) is 0.802. The lowest BCUT2D eigenvalue weighted by atomic mass is 10.1. The van der Waals surface area contributed by atoms with Crippen LogP contribution in [0.25, 0.3) is 0 Å². The fourth-order valence-electron chi connectivity index (χ4n) is 1.69. The van der Waals surface area contributed by atoms with Gasteiger partial charge in [-0.25, -0.2) is 0 Å². The van der Waals surface area contributed by atoms with Crippen molar-refractivity contribution in [1.82, 2.24) is 8.61 Å². The van der Waals surface area contributed by atoms with Gasteiger partial charge in [0.1, 0.15) is 5.54 Å². The third-order valence-electron chi connectivity index (χ3n) is 3.30. The van der Waals surface area contributed by atoms with Gasteiger partial charge in [-0.3, -0.25) is 4.79 Å². The number of carbonyl (C=O) groups is 1. The smallest absolute Gasteiger partial charge is 0.324 e. The molecule has 0 aromatic carbocycles. The van der Waals surface area contributed by atoms with E-state index in [-0.39, 0.29) is 0 Å². The Morgan fingerprint density at radius 2 is 1.71 bits per heavy atom. The second-order valence-electron chi connectivity index (χ2n) is 4.80. The van der Waals surface area contributed by atoms with E-state index in [0.29, 0.717) is 13.1 Å². The van der Waals surface area contributed by atoms with Gasteiger partial charge in [0.15, 0.2) is 0 Å². The molecule has 0 aromatic heterocycles. The van der Waals surface area contributed by atoms with Crippen LogP contribution in [-0.2, 0) is 15.0 Å². The zero-order valence-electron chi connectivity index (χ0n) is 10.5. The first-order valence-electron chi connectivity index (χ1n) is 5.68. The average Bonchev–Trinajstić information content (AvgIpc) is 2.29. The number of piperidine rings is 1. The largest absolute Gasteiger partial charge is 0.480 e. The highest BCUT2D eigenvalue weighted by Crippen LogP contribution is 2.22. The molecule has 1 heterocycles. The van der Waals surface area contributed by atoms with E-state index >= 15 is 0 Å². The van der Waals surface area contributed by atoms with Crippen molar-refractivity contribution in [3.63, 3.8) is 0 Å². The van der Waals surface area contributed by atoms with Crippen LogP contribution in [0.3, 0.4) is 0 Å². The van der Waals surface area contributed by atoms with Gasteiger partial charge in [0.2, 0.25) is 0 Å². The summed E-state index contributed by atoms with van der Waals surface area (Å²) in [5.74, 6) is -1.15. The molecule has 7 heteroatoms. The molecule has 0 bridgehead atoms. The fraction of sp³-hybridized carbons (Fsp3) is 0.900. The summed E-state index contributed by atoms with van der Waals surface area (Å²) in [6.07, 6.45) is 2.69. The Morgan fingerprint density at radius 1 is 1.24 bits per heavy atom. The second kappa shape index (κ2) is 4.91. The van der Waals surface area contributed by atoms with Gasteiger partial charge in [0.05, 0.1) is 0 Å². The molecular weight excluding hydrogens is 244 g/mol. The number of aliphatic carboxylic acids is 1. The number of carboxylic acids is 1. The second-order valence-corrected chi connectivity index (χ2v) is 6.76. The van der Waals surface area contributed by atoms with Crippen molar-refractivity contribution in [2.24, 2.45) is 0 Å². The number of likely N-dealkylation sites (N-methyl/N-ethyl adjacent to an activating group) is 1. The minimum Gasteiger partial charge on any atom is -0.480 e. The third-order valence-corrected chi connectivity index (χ3v) is 5.46. The van der Waals surface area contributed by atoms with Crippen LogP contribution in [-0.4, -0.2) is 53.8 Å². The summed E-state index contributed by atoms with van der Waals surface area (Å²) in [5, 5.41) is 9.05. The highest BCUT2D eigenvalue weighted by atomic mass is 32.2. The van der Waals surface area contributed by atoms with E-state index in [1.54, 1.807) is 0 Å². The van der Waals surface area contributed by atoms with Gasteiger partial charge in [0, 0.05) is 20.1 Å². The highest BCUT2D eigenvalue weighted by molar-refractivity contribution is 7.86. The van der Waals surface area contributed by atoms with E-state index in [1.165, 1.54) is 25.2 Å². The Bertz CT molecular complexity index is 385. The molecule has 1 aliphatic heterocycles. The maximum atomic E-state index is 12.2. The molecule has 100 valence electrons. The van der Waals surface area contributed by atoms with Crippen molar-refractivity contribution in [3.05, 3.63) is 0 Å². The summed E-state index contributed by atoms with van der Waals surface area (Å²) in [6, 6.07) is 0. The van der Waals surface area contributed by atoms with Crippen molar-refractivity contribution in [2.45, 2.75) is 38.6 Å². The number of nitrogens with zero attached hydrogens (tertiary/aromatic N) is 2. The van der Waals surface area contributed by atoms with Gasteiger partial charge < -0.3 is 5.11 Å². The lowest BCUT2D eigenvalue weighted by Crippen LogP contribution is -2.55. The molecule has 1 N–H and O–H groups in total. The summed E-state index contributed by atoms with van der Waals surface area (Å²) in [5.41, 5.74) is -1.43. The molecule has 1 saturated heterocycles. The molecule has 6 nitrogen and oxygen atoms in total. The fourth-order valence-corrected chi connectivity index (χ4v) is 3.41. The summed E-state index contributed by atoms with van der Waals surface area (Å²) < 4.78 is 26.8. The van der Waals surface area contributed by atoms with Crippen molar-refractivity contribution in [2.75, 3.05) is 20.1 Å². The molecule has 0 aliphatic carbocycles. The molecule has 0 atom stereocenters. The van der Waals surface area contributed by atoms with Crippen LogP contribution in [0.1, 0.15) is 33.1 Å². The zero-order chi connectivity index (χ0) is 13.3. The van der Waals surface area contributed by atoms with E-state index < -0.39 is 21.7 Å². The van der Waals surface area contributed by atoms with Crippen LogP contribution in [0.15, 0.2) is 0 Å². The maximum Gasteiger partial charge on any atom is 0.324 e. The molecule has 0 amide bonds. The Balaban J connectivity index is 2.93. The Morgan fingerprint density at radius 3 is 2.12 bits per heavy atom. The molecule has 0 unspecified atom stereocenters. The maximum absolute atomic E-state index is 12.2. The van der Waals surface area contributed by atoms with E-state index in [0.717, 1.165) is 23.6 Å². The molecule has 1 rings (SSSR count). The minimum atomic E-state index is -3.68. The monoisotopic (exact) mass is 264 g/mol. The predicted molar refractivity (Wildman–Crippen MR) is 63.8 cm³/mol. The number of hydrogen-bond donors (Lipinski definition) is 1. The average molecular weight is 264 g/mol. The Hall–Kier alpha value is -0.660.